The van der Waals surface area contributed by atoms with Crippen LogP contribution in [0.15, 0.2) is 17.2 Å². The summed E-state index contributed by atoms with van der Waals surface area (Å²) in [4.78, 5) is 3.90. The van der Waals surface area contributed by atoms with Gasteiger partial charge >= 0.3 is 0 Å². The van der Waals surface area contributed by atoms with Gasteiger partial charge in [0.05, 0.1) is 5.02 Å². The summed E-state index contributed by atoms with van der Waals surface area (Å²) in [5.74, 6) is 0.505. The summed E-state index contributed by atoms with van der Waals surface area (Å²) in [6.45, 7) is 4.49. The molecule has 1 aliphatic heterocycles. The quantitative estimate of drug-likeness (QED) is 0.900. The largest absolute Gasteiger partial charge is 0.382 e. The Morgan fingerprint density at radius 2 is 2.17 bits per heavy atom. The Labute approximate surface area is 112 Å². The molecule has 1 aromatic rings. The molecule has 2 heterocycles. The van der Waals surface area contributed by atoms with E-state index in [4.69, 9.17) is 17.3 Å². The minimum atomic E-state index is -3.53. The fourth-order valence-electron chi connectivity index (χ4n) is 2.30. The predicted molar refractivity (Wildman–Crippen MR) is 70.8 cm³/mol. The lowest BCUT2D eigenvalue weighted by molar-refractivity contribution is 0.405. The number of nitrogen functional groups attached to an aromatic ring is 1. The minimum absolute atomic E-state index is 0.00123. The Kier molecular flexibility index (Phi) is 3.53. The van der Waals surface area contributed by atoms with Gasteiger partial charge in [-0.2, -0.15) is 4.31 Å². The first-order chi connectivity index (χ1) is 8.32. The first-order valence-corrected chi connectivity index (χ1v) is 7.57. The number of aromatic nitrogens is 1. The van der Waals surface area contributed by atoms with Crippen molar-refractivity contribution in [1.29, 1.82) is 0 Å². The second-order valence-corrected chi connectivity index (χ2v) is 7.10. The lowest BCUT2D eigenvalue weighted by Gasteiger charge is -2.20. The van der Waals surface area contributed by atoms with Crippen LogP contribution in [0.5, 0.6) is 0 Å². The molecule has 1 aliphatic rings. The van der Waals surface area contributed by atoms with Gasteiger partial charge in [0.15, 0.2) is 0 Å². The van der Waals surface area contributed by atoms with Crippen LogP contribution in [0.1, 0.15) is 20.3 Å². The van der Waals surface area contributed by atoms with E-state index in [2.05, 4.69) is 4.98 Å². The first-order valence-electron chi connectivity index (χ1n) is 5.75. The van der Waals surface area contributed by atoms with Crippen molar-refractivity contribution in [2.45, 2.75) is 31.2 Å². The van der Waals surface area contributed by atoms with Crippen molar-refractivity contribution in [2.75, 3.05) is 12.3 Å². The molecule has 0 amide bonds. The molecule has 0 saturated carbocycles. The minimum Gasteiger partial charge on any atom is -0.382 e. The molecule has 1 saturated heterocycles. The molecular formula is C11H16ClN3O2S. The van der Waals surface area contributed by atoms with Crippen LogP contribution in [-0.4, -0.2) is 30.3 Å². The van der Waals surface area contributed by atoms with Crippen molar-refractivity contribution >= 4 is 27.4 Å². The number of hydrogen-bond donors (Lipinski definition) is 1. The first kappa shape index (κ1) is 13.6. The van der Waals surface area contributed by atoms with Crippen LogP contribution in [0.4, 0.5) is 5.82 Å². The Morgan fingerprint density at radius 3 is 2.67 bits per heavy atom. The van der Waals surface area contributed by atoms with Crippen LogP contribution in [0.2, 0.25) is 5.02 Å². The van der Waals surface area contributed by atoms with Gasteiger partial charge in [0.25, 0.3) is 0 Å². The summed E-state index contributed by atoms with van der Waals surface area (Å²) in [6.07, 6.45) is 2.13. The van der Waals surface area contributed by atoms with Crippen LogP contribution in [-0.2, 0) is 10.0 Å². The van der Waals surface area contributed by atoms with E-state index in [9.17, 15) is 8.42 Å². The molecule has 2 unspecified atom stereocenters. The lowest BCUT2D eigenvalue weighted by Crippen LogP contribution is -2.34. The van der Waals surface area contributed by atoms with Crippen LogP contribution < -0.4 is 5.73 Å². The van der Waals surface area contributed by atoms with Crippen LogP contribution in [0, 0.1) is 5.92 Å². The van der Waals surface area contributed by atoms with Crippen molar-refractivity contribution in [2.24, 2.45) is 5.92 Å². The fourth-order valence-corrected chi connectivity index (χ4v) is 4.27. The maximum absolute atomic E-state index is 12.4. The number of sulfonamides is 1. The maximum atomic E-state index is 12.4. The zero-order chi connectivity index (χ0) is 13.5. The highest BCUT2D eigenvalue weighted by molar-refractivity contribution is 7.89. The number of anilines is 1. The standard InChI is InChI=1S/C11H16ClN3O2S/c1-7-3-8(2)15(6-7)18(16,17)9-4-10(12)11(13)14-5-9/h4-5,7-8H,3,6H2,1-2H3,(H2,13,14). The van der Waals surface area contributed by atoms with Gasteiger partial charge in [-0.3, -0.25) is 0 Å². The molecule has 2 rings (SSSR count). The van der Waals surface area contributed by atoms with Gasteiger partial charge in [0.1, 0.15) is 10.7 Å². The Morgan fingerprint density at radius 1 is 1.50 bits per heavy atom. The van der Waals surface area contributed by atoms with Gasteiger partial charge < -0.3 is 5.73 Å². The number of rotatable bonds is 2. The summed E-state index contributed by atoms with van der Waals surface area (Å²) in [7, 11) is -3.53. The average Bonchev–Trinajstić information content (AvgIpc) is 2.62. The van der Waals surface area contributed by atoms with E-state index < -0.39 is 10.0 Å². The average molecular weight is 290 g/mol. The molecule has 100 valence electrons. The van der Waals surface area contributed by atoms with Crippen molar-refractivity contribution < 1.29 is 8.42 Å². The summed E-state index contributed by atoms with van der Waals surface area (Å²) in [5, 5.41) is 0.163. The second-order valence-electron chi connectivity index (χ2n) is 4.80. The number of hydrogen-bond acceptors (Lipinski definition) is 4. The van der Waals surface area contributed by atoms with Crippen LogP contribution in [0.3, 0.4) is 0 Å². The van der Waals surface area contributed by atoms with Crippen LogP contribution in [0.25, 0.3) is 0 Å². The lowest BCUT2D eigenvalue weighted by atomic mass is 10.1. The molecule has 0 aliphatic carbocycles. The normalized spacial score (nSPS) is 25.5. The monoisotopic (exact) mass is 289 g/mol. The van der Waals surface area contributed by atoms with E-state index in [-0.39, 0.29) is 21.8 Å². The third-order valence-electron chi connectivity index (χ3n) is 3.18. The van der Waals surface area contributed by atoms with Gasteiger partial charge in [0.2, 0.25) is 10.0 Å². The summed E-state index contributed by atoms with van der Waals surface area (Å²) in [5.41, 5.74) is 5.48. The third kappa shape index (κ3) is 2.32. The molecule has 1 fully saturated rings. The summed E-state index contributed by atoms with van der Waals surface area (Å²) >= 11 is 5.82. The third-order valence-corrected chi connectivity index (χ3v) is 5.43. The van der Waals surface area contributed by atoms with Gasteiger partial charge in [-0.25, -0.2) is 13.4 Å². The molecule has 0 spiro atoms. The molecule has 0 aromatic carbocycles. The van der Waals surface area contributed by atoms with Gasteiger partial charge in [0, 0.05) is 18.8 Å². The van der Waals surface area contributed by atoms with E-state index in [0.717, 1.165) is 6.42 Å². The van der Waals surface area contributed by atoms with E-state index in [1.165, 1.54) is 16.6 Å². The number of nitrogens with zero attached hydrogens (tertiary/aromatic N) is 2. The van der Waals surface area contributed by atoms with Crippen molar-refractivity contribution in [1.82, 2.24) is 9.29 Å². The zero-order valence-corrected chi connectivity index (χ0v) is 11.9. The topological polar surface area (TPSA) is 76.3 Å². The van der Waals surface area contributed by atoms with Crippen LogP contribution >= 0.6 is 11.6 Å². The highest BCUT2D eigenvalue weighted by Crippen LogP contribution is 2.30. The van der Waals surface area contributed by atoms with Gasteiger partial charge in [-0.15, -0.1) is 0 Å². The molecular weight excluding hydrogens is 274 g/mol. The van der Waals surface area contributed by atoms with E-state index >= 15 is 0 Å². The number of nitrogens with two attached hydrogens (primary N) is 1. The SMILES string of the molecule is CC1CC(C)N(S(=O)(=O)c2cnc(N)c(Cl)c2)C1. The molecule has 2 atom stereocenters. The Hall–Kier alpha value is -0.850. The smallest absolute Gasteiger partial charge is 0.244 e. The predicted octanol–water partition coefficient (Wildman–Crippen LogP) is 1.74. The number of halogens is 1. The molecule has 0 radical (unpaired) electrons. The Bertz CT molecular complexity index is 561. The molecule has 5 nitrogen and oxygen atoms in total. The number of pyridine rings is 1. The van der Waals surface area contributed by atoms with E-state index in [0.29, 0.717) is 12.5 Å². The Balaban J connectivity index is 2.39. The zero-order valence-electron chi connectivity index (χ0n) is 10.3. The molecule has 1 aromatic heterocycles. The van der Waals surface area contributed by atoms with Crippen molar-refractivity contribution in [3.63, 3.8) is 0 Å². The highest BCUT2D eigenvalue weighted by atomic mass is 35.5. The second kappa shape index (κ2) is 4.68. The molecule has 0 bridgehead atoms. The summed E-state index contributed by atoms with van der Waals surface area (Å²) < 4.78 is 26.4. The van der Waals surface area contributed by atoms with Gasteiger partial charge in [-0.05, 0) is 25.3 Å². The highest BCUT2D eigenvalue weighted by Gasteiger charge is 2.36. The van der Waals surface area contributed by atoms with E-state index in [1.54, 1.807) is 0 Å². The fraction of sp³-hybridized carbons (Fsp3) is 0.545. The molecule has 18 heavy (non-hydrogen) atoms. The van der Waals surface area contributed by atoms with Crippen molar-refractivity contribution in [3.8, 4) is 0 Å². The maximum Gasteiger partial charge on any atom is 0.244 e. The van der Waals surface area contributed by atoms with Gasteiger partial charge in [-0.1, -0.05) is 18.5 Å². The molecule has 7 heteroatoms. The van der Waals surface area contributed by atoms with E-state index in [1.807, 2.05) is 13.8 Å². The molecule has 2 N–H and O–H groups in total. The summed E-state index contributed by atoms with van der Waals surface area (Å²) in [6, 6.07) is 1.36. The van der Waals surface area contributed by atoms with Crippen molar-refractivity contribution in [3.05, 3.63) is 17.3 Å².